The summed E-state index contributed by atoms with van der Waals surface area (Å²) in [6.07, 6.45) is 1.93. The SMILES string of the molecule is Cc1ccnc(NC(=O)Cc2csc(-c3ccccc3)n2)c1. The molecule has 0 unspecified atom stereocenters. The molecule has 22 heavy (non-hydrogen) atoms. The van der Waals surface area contributed by atoms with E-state index in [0.29, 0.717) is 5.82 Å². The zero-order chi connectivity index (χ0) is 15.4. The van der Waals surface area contributed by atoms with Gasteiger partial charge in [0.1, 0.15) is 10.8 Å². The first-order valence-electron chi connectivity index (χ1n) is 6.93. The summed E-state index contributed by atoms with van der Waals surface area (Å²) in [5.74, 6) is 0.464. The van der Waals surface area contributed by atoms with Crippen LogP contribution in [0.4, 0.5) is 5.82 Å². The number of carbonyl (C=O) groups excluding carboxylic acids is 1. The van der Waals surface area contributed by atoms with Crippen LogP contribution in [-0.4, -0.2) is 15.9 Å². The van der Waals surface area contributed by atoms with Gasteiger partial charge in [0.2, 0.25) is 5.91 Å². The Bertz CT molecular complexity index is 783. The molecule has 0 fully saturated rings. The Balaban J connectivity index is 1.66. The number of benzene rings is 1. The Hall–Kier alpha value is -2.53. The Morgan fingerprint density at radius 2 is 2.05 bits per heavy atom. The predicted octanol–water partition coefficient (Wildman–Crippen LogP) is 3.69. The second-order valence-electron chi connectivity index (χ2n) is 4.95. The van der Waals surface area contributed by atoms with Crippen molar-refractivity contribution in [2.45, 2.75) is 13.3 Å². The lowest BCUT2D eigenvalue weighted by Gasteiger charge is -2.03. The number of nitrogens with zero attached hydrogens (tertiary/aromatic N) is 2. The van der Waals surface area contributed by atoms with E-state index in [1.807, 2.05) is 54.8 Å². The number of hydrogen-bond donors (Lipinski definition) is 1. The zero-order valence-corrected chi connectivity index (χ0v) is 12.9. The molecular weight excluding hydrogens is 294 g/mol. The van der Waals surface area contributed by atoms with Gasteiger partial charge in [0, 0.05) is 17.1 Å². The molecule has 0 atom stereocenters. The summed E-state index contributed by atoms with van der Waals surface area (Å²) in [5.41, 5.74) is 2.90. The molecule has 0 saturated carbocycles. The molecule has 1 amide bonds. The highest BCUT2D eigenvalue weighted by Gasteiger charge is 2.09. The topological polar surface area (TPSA) is 54.9 Å². The minimum Gasteiger partial charge on any atom is -0.310 e. The summed E-state index contributed by atoms with van der Waals surface area (Å²) in [6, 6.07) is 13.7. The first-order valence-corrected chi connectivity index (χ1v) is 7.81. The zero-order valence-electron chi connectivity index (χ0n) is 12.1. The number of aryl methyl sites for hydroxylation is 1. The fraction of sp³-hybridized carbons (Fsp3) is 0.118. The van der Waals surface area contributed by atoms with E-state index in [-0.39, 0.29) is 12.3 Å². The summed E-state index contributed by atoms with van der Waals surface area (Å²) in [4.78, 5) is 20.7. The van der Waals surface area contributed by atoms with Gasteiger partial charge in [-0.15, -0.1) is 11.3 Å². The van der Waals surface area contributed by atoms with E-state index >= 15 is 0 Å². The minimum atomic E-state index is -0.108. The van der Waals surface area contributed by atoms with Crippen LogP contribution in [0.3, 0.4) is 0 Å². The van der Waals surface area contributed by atoms with Crippen LogP contribution in [0.1, 0.15) is 11.3 Å². The van der Waals surface area contributed by atoms with E-state index in [1.165, 1.54) is 0 Å². The summed E-state index contributed by atoms with van der Waals surface area (Å²) in [7, 11) is 0. The largest absolute Gasteiger partial charge is 0.310 e. The number of carbonyl (C=O) groups is 1. The van der Waals surface area contributed by atoms with E-state index < -0.39 is 0 Å². The van der Waals surface area contributed by atoms with Gasteiger partial charge in [0.15, 0.2) is 0 Å². The molecule has 2 heterocycles. The molecule has 3 rings (SSSR count). The van der Waals surface area contributed by atoms with Crippen molar-refractivity contribution in [2.75, 3.05) is 5.32 Å². The summed E-state index contributed by atoms with van der Waals surface area (Å²) in [5, 5.41) is 5.64. The van der Waals surface area contributed by atoms with E-state index in [2.05, 4.69) is 15.3 Å². The molecule has 0 spiro atoms. The molecule has 0 radical (unpaired) electrons. The van der Waals surface area contributed by atoms with Crippen molar-refractivity contribution in [3.05, 3.63) is 65.3 Å². The Labute approximate surface area is 132 Å². The molecule has 5 heteroatoms. The number of thiazole rings is 1. The number of aromatic nitrogens is 2. The molecule has 2 aromatic heterocycles. The van der Waals surface area contributed by atoms with E-state index in [0.717, 1.165) is 21.8 Å². The number of amides is 1. The molecule has 3 aromatic rings. The highest BCUT2D eigenvalue weighted by Crippen LogP contribution is 2.23. The van der Waals surface area contributed by atoms with Crippen LogP contribution < -0.4 is 5.32 Å². The molecule has 0 bridgehead atoms. The normalized spacial score (nSPS) is 10.4. The van der Waals surface area contributed by atoms with Crippen LogP contribution in [0.25, 0.3) is 10.6 Å². The minimum absolute atomic E-state index is 0.108. The molecular formula is C17H15N3OS. The molecule has 1 aromatic carbocycles. The average molecular weight is 309 g/mol. The van der Waals surface area contributed by atoms with Gasteiger partial charge < -0.3 is 5.32 Å². The summed E-state index contributed by atoms with van der Waals surface area (Å²) >= 11 is 1.55. The van der Waals surface area contributed by atoms with Crippen LogP contribution in [0.2, 0.25) is 0 Å². The smallest absolute Gasteiger partial charge is 0.231 e. The van der Waals surface area contributed by atoms with Gasteiger partial charge in [0.05, 0.1) is 12.1 Å². The van der Waals surface area contributed by atoms with Gasteiger partial charge in [0.25, 0.3) is 0 Å². The lowest BCUT2D eigenvalue weighted by Crippen LogP contribution is -2.15. The van der Waals surface area contributed by atoms with Crippen molar-refractivity contribution in [3.8, 4) is 10.6 Å². The maximum atomic E-state index is 12.1. The maximum Gasteiger partial charge on any atom is 0.231 e. The summed E-state index contributed by atoms with van der Waals surface area (Å²) < 4.78 is 0. The Morgan fingerprint density at radius 1 is 1.23 bits per heavy atom. The van der Waals surface area contributed by atoms with Crippen molar-refractivity contribution in [1.82, 2.24) is 9.97 Å². The number of anilines is 1. The van der Waals surface area contributed by atoms with Crippen molar-refractivity contribution >= 4 is 23.1 Å². The van der Waals surface area contributed by atoms with Gasteiger partial charge in [-0.05, 0) is 24.6 Å². The van der Waals surface area contributed by atoms with Crippen molar-refractivity contribution < 1.29 is 4.79 Å². The monoisotopic (exact) mass is 309 g/mol. The van der Waals surface area contributed by atoms with Crippen LogP contribution >= 0.6 is 11.3 Å². The highest BCUT2D eigenvalue weighted by molar-refractivity contribution is 7.13. The Kier molecular flexibility index (Phi) is 4.25. The molecule has 0 aliphatic heterocycles. The molecule has 1 N–H and O–H groups in total. The number of nitrogens with one attached hydrogen (secondary N) is 1. The van der Waals surface area contributed by atoms with Gasteiger partial charge in [-0.25, -0.2) is 9.97 Å². The van der Waals surface area contributed by atoms with E-state index in [1.54, 1.807) is 17.5 Å². The molecule has 0 aliphatic rings. The lowest BCUT2D eigenvalue weighted by molar-refractivity contribution is -0.115. The van der Waals surface area contributed by atoms with E-state index in [9.17, 15) is 4.79 Å². The molecule has 110 valence electrons. The lowest BCUT2D eigenvalue weighted by atomic mass is 10.2. The highest BCUT2D eigenvalue weighted by atomic mass is 32.1. The average Bonchev–Trinajstić information content (AvgIpc) is 2.96. The Morgan fingerprint density at radius 3 is 2.82 bits per heavy atom. The van der Waals surface area contributed by atoms with Gasteiger partial charge >= 0.3 is 0 Å². The van der Waals surface area contributed by atoms with Crippen LogP contribution in [0.15, 0.2) is 54.0 Å². The number of hydrogen-bond acceptors (Lipinski definition) is 4. The quantitative estimate of drug-likeness (QED) is 0.799. The fourth-order valence-corrected chi connectivity index (χ4v) is 2.88. The number of pyridine rings is 1. The third-order valence-corrected chi connectivity index (χ3v) is 4.04. The first kappa shape index (κ1) is 14.4. The van der Waals surface area contributed by atoms with Crippen molar-refractivity contribution in [2.24, 2.45) is 0 Å². The second kappa shape index (κ2) is 6.49. The molecule has 0 saturated heterocycles. The van der Waals surface area contributed by atoms with Crippen LogP contribution in [0, 0.1) is 6.92 Å². The molecule has 0 aliphatic carbocycles. The fourth-order valence-electron chi connectivity index (χ4n) is 2.06. The van der Waals surface area contributed by atoms with Gasteiger partial charge in [-0.1, -0.05) is 30.3 Å². The summed E-state index contributed by atoms with van der Waals surface area (Å²) in [6.45, 7) is 1.96. The predicted molar refractivity (Wildman–Crippen MR) is 88.9 cm³/mol. The van der Waals surface area contributed by atoms with Crippen molar-refractivity contribution in [3.63, 3.8) is 0 Å². The van der Waals surface area contributed by atoms with Gasteiger partial charge in [-0.3, -0.25) is 4.79 Å². The third-order valence-electron chi connectivity index (χ3n) is 3.10. The van der Waals surface area contributed by atoms with Crippen LogP contribution in [-0.2, 0) is 11.2 Å². The third kappa shape index (κ3) is 3.56. The first-order chi connectivity index (χ1) is 10.7. The number of rotatable bonds is 4. The second-order valence-corrected chi connectivity index (χ2v) is 5.81. The molecule has 4 nitrogen and oxygen atoms in total. The van der Waals surface area contributed by atoms with Crippen molar-refractivity contribution in [1.29, 1.82) is 0 Å². The van der Waals surface area contributed by atoms with Crippen LogP contribution in [0.5, 0.6) is 0 Å². The maximum absolute atomic E-state index is 12.1. The van der Waals surface area contributed by atoms with E-state index in [4.69, 9.17) is 0 Å². The standard InChI is InChI=1S/C17H15N3OS/c1-12-7-8-18-15(9-12)20-16(21)10-14-11-22-17(19-14)13-5-3-2-4-6-13/h2-9,11H,10H2,1H3,(H,18,20,21). The van der Waals surface area contributed by atoms with Gasteiger partial charge in [-0.2, -0.15) is 0 Å².